The van der Waals surface area contributed by atoms with E-state index in [9.17, 15) is 18.0 Å². The maximum Gasteiger partial charge on any atom is 0.410 e. The second-order valence-electron chi connectivity index (χ2n) is 10.7. The third kappa shape index (κ3) is 5.84. The molecular weight excluding hydrogens is 502 g/mol. The molecule has 38 heavy (non-hydrogen) atoms. The first-order valence-corrected chi connectivity index (χ1v) is 14.2. The molecular formula is C29H35N3O5S. The van der Waals surface area contributed by atoms with Gasteiger partial charge in [0.05, 0.1) is 11.0 Å². The van der Waals surface area contributed by atoms with Crippen LogP contribution in [0.2, 0.25) is 0 Å². The fourth-order valence-electron chi connectivity index (χ4n) is 4.89. The summed E-state index contributed by atoms with van der Waals surface area (Å²) in [6.07, 6.45) is -0.148. The lowest BCUT2D eigenvalue weighted by molar-refractivity contribution is 0.0401. The zero-order chi connectivity index (χ0) is 27.7. The van der Waals surface area contributed by atoms with Gasteiger partial charge in [-0.3, -0.25) is 4.79 Å². The normalized spacial score (nSPS) is 17.4. The van der Waals surface area contributed by atoms with E-state index in [0.717, 1.165) is 5.56 Å². The Balaban J connectivity index is 1.59. The van der Waals surface area contributed by atoms with Gasteiger partial charge in [-0.2, -0.15) is 0 Å². The molecule has 2 amide bonds. The number of aryl methyl sites for hydroxylation is 1. The van der Waals surface area contributed by atoms with Crippen LogP contribution in [0, 0.1) is 12.3 Å². The Labute approximate surface area is 224 Å². The second kappa shape index (κ2) is 10.7. The molecule has 4 rings (SSSR count). The summed E-state index contributed by atoms with van der Waals surface area (Å²) < 4.78 is 35.5. The van der Waals surface area contributed by atoms with Gasteiger partial charge in [0, 0.05) is 41.2 Å². The topological polar surface area (TPSA) is 105 Å². The molecule has 1 saturated heterocycles. The van der Waals surface area contributed by atoms with E-state index < -0.39 is 15.4 Å². The predicted octanol–water partition coefficient (Wildman–Crippen LogP) is 5.32. The van der Waals surface area contributed by atoms with Gasteiger partial charge in [-0.05, 0) is 56.4 Å². The van der Waals surface area contributed by atoms with Crippen LogP contribution in [0.4, 0.5) is 10.5 Å². The summed E-state index contributed by atoms with van der Waals surface area (Å²) in [4.78, 5) is 27.1. The Kier molecular flexibility index (Phi) is 7.80. The lowest BCUT2D eigenvalue weighted by Crippen LogP contribution is -2.57. The van der Waals surface area contributed by atoms with E-state index in [0.29, 0.717) is 41.5 Å². The maximum absolute atomic E-state index is 13.7. The first kappa shape index (κ1) is 27.6. The molecule has 2 N–H and O–H groups in total. The highest BCUT2D eigenvalue weighted by molar-refractivity contribution is 7.89. The zero-order valence-corrected chi connectivity index (χ0v) is 23.3. The number of piperidine rings is 1. The molecule has 0 unspecified atom stereocenters. The number of carbonyl (C=O) groups excluding carboxylic acids is 2. The lowest BCUT2D eigenvalue weighted by atomic mass is 9.80. The van der Waals surface area contributed by atoms with Crippen LogP contribution in [-0.2, 0) is 14.8 Å². The molecule has 3 aromatic carbocycles. The van der Waals surface area contributed by atoms with Gasteiger partial charge in [0.2, 0.25) is 10.0 Å². The lowest BCUT2D eigenvalue weighted by Gasteiger charge is -2.43. The summed E-state index contributed by atoms with van der Waals surface area (Å²) in [7, 11) is -3.92. The van der Waals surface area contributed by atoms with Gasteiger partial charge in [0.25, 0.3) is 5.91 Å². The quantitative estimate of drug-likeness (QED) is 0.443. The fourth-order valence-corrected chi connectivity index (χ4v) is 6.54. The van der Waals surface area contributed by atoms with Crippen LogP contribution in [0.5, 0.6) is 0 Å². The third-order valence-corrected chi connectivity index (χ3v) is 8.46. The van der Waals surface area contributed by atoms with E-state index in [1.54, 1.807) is 55.1 Å². The minimum Gasteiger partial charge on any atom is -0.447 e. The van der Waals surface area contributed by atoms with Crippen molar-refractivity contribution in [2.24, 2.45) is 5.41 Å². The predicted molar refractivity (Wildman–Crippen MR) is 149 cm³/mol. The van der Waals surface area contributed by atoms with E-state index in [1.165, 1.54) is 6.07 Å². The molecule has 1 aliphatic heterocycles. The summed E-state index contributed by atoms with van der Waals surface area (Å²) in [6, 6.07) is 17.2. The van der Waals surface area contributed by atoms with Crippen molar-refractivity contribution in [2.45, 2.75) is 58.1 Å². The van der Waals surface area contributed by atoms with Crippen LogP contribution in [0.15, 0.2) is 65.6 Å². The molecule has 3 aromatic rings. The molecule has 9 heteroatoms. The first-order chi connectivity index (χ1) is 17.9. The Morgan fingerprint density at radius 1 is 1.00 bits per heavy atom. The molecule has 8 nitrogen and oxygen atoms in total. The van der Waals surface area contributed by atoms with Crippen LogP contribution < -0.4 is 10.0 Å². The highest BCUT2D eigenvalue weighted by Gasteiger charge is 2.40. The Morgan fingerprint density at radius 2 is 1.66 bits per heavy atom. The molecule has 1 atom stereocenters. The van der Waals surface area contributed by atoms with Crippen molar-refractivity contribution in [3.8, 4) is 0 Å². The van der Waals surface area contributed by atoms with Crippen LogP contribution in [0.25, 0.3) is 10.8 Å². The third-order valence-electron chi connectivity index (χ3n) is 6.93. The van der Waals surface area contributed by atoms with Crippen LogP contribution in [-0.4, -0.2) is 50.6 Å². The summed E-state index contributed by atoms with van der Waals surface area (Å²) in [6.45, 7) is 10.1. The van der Waals surface area contributed by atoms with E-state index in [2.05, 4.69) is 10.0 Å². The largest absolute Gasteiger partial charge is 0.447 e. The fraction of sp³-hybridized carbons (Fsp3) is 0.379. The van der Waals surface area contributed by atoms with Gasteiger partial charge in [-0.25, -0.2) is 17.9 Å². The number of benzene rings is 3. The number of nitrogens with zero attached hydrogens (tertiary/aromatic N) is 1. The van der Waals surface area contributed by atoms with Gasteiger partial charge in [-0.15, -0.1) is 0 Å². The summed E-state index contributed by atoms with van der Waals surface area (Å²) in [5.74, 6) is -0.258. The number of hydrogen-bond donors (Lipinski definition) is 2. The van der Waals surface area contributed by atoms with E-state index in [4.69, 9.17) is 4.74 Å². The van der Waals surface area contributed by atoms with Crippen molar-refractivity contribution in [1.82, 2.24) is 9.62 Å². The highest BCUT2D eigenvalue weighted by Crippen LogP contribution is 2.34. The van der Waals surface area contributed by atoms with Gasteiger partial charge in [0.15, 0.2) is 0 Å². The Bertz CT molecular complexity index is 1470. The van der Waals surface area contributed by atoms with Crippen LogP contribution in [0.3, 0.4) is 0 Å². The van der Waals surface area contributed by atoms with Crippen molar-refractivity contribution in [2.75, 3.05) is 18.4 Å². The number of hydrogen-bond acceptors (Lipinski definition) is 5. The molecule has 0 aliphatic carbocycles. The molecule has 0 aromatic heterocycles. The number of rotatable bonds is 6. The molecule has 1 fully saturated rings. The number of fused-ring (bicyclic) bond motifs is 1. The molecule has 0 radical (unpaired) electrons. The molecule has 0 bridgehead atoms. The molecule has 0 saturated carbocycles. The number of ether oxygens (including phenoxy) is 1. The number of sulfonamides is 1. The number of likely N-dealkylation sites (tertiary alicyclic amines) is 1. The molecule has 0 spiro atoms. The smallest absolute Gasteiger partial charge is 0.410 e. The molecule has 1 aliphatic rings. The summed E-state index contributed by atoms with van der Waals surface area (Å²) >= 11 is 0. The average molecular weight is 538 g/mol. The molecule has 1 heterocycles. The zero-order valence-electron chi connectivity index (χ0n) is 22.4. The van der Waals surface area contributed by atoms with Crippen molar-refractivity contribution in [1.29, 1.82) is 0 Å². The second-order valence-corrected chi connectivity index (χ2v) is 12.4. The number of amides is 2. The van der Waals surface area contributed by atoms with Gasteiger partial charge in [0.1, 0.15) is 0 Å². The summed E-state index contributed by atoms with van der Waals surface area (Å²) in [5, 5.41) is 4.08. The minimum atomic E-state index is -3.92. The Morgan fingerprint density at radius 3 is 2.32 bits per heavy atom. The average Bonchev–Trinajstić information content (AvgIpc) is 2.85. The van der Waals surface area contributed by atoms with Crippen molar-refractivity contribution in [3.63, 3.8) is 0 Å². The van der Waals surface area contributed by atoms with Crippen molar-refractivity contribution in [3.05, 3.63) is 71.8 Å². The number of nitrogens with one attached hydrogen (secondary N) is 2. The SMILES string of the molecule is Cc1ccccc1C(=O)Nc1ccc(S(=O)(=O)N[C@H]2CCN(C(=O)OC(C)C)CC2(C)C)c2ccccc12. The van der Waals surface area contributed by atoms with Gasteiger partial charge >= 0.3 is 6.09 Å². The summed E-state index contributed by atoms with van der Waals surface area (Å²) in [5.41, 5.74) is 1.42. The number of carbonyl (C=O) groups is 2. The van der Waals surface area contributed by atoms with Crippen molar-refractivity contribution >= 4 is 38.5 Å². The first-order valence-electron chi connectivity index (χ1n) is 12.8. The van der Waals surface area contributed by atoms with Gasteiger partial charge in [-0.1, -0.05) is 56.3 Å². The molecule has 202 valence electrons. The number of anilines is 1. The van der Waals surface area contributed by atoms with E-state index in [-0.39, 0.29) is 29.0 Å². The standard InChI is InChI=1S/C29H35N3O5S/c1-19(2)37-28(34)32-17-16-26(29(4,5)18-32)31-38(35,36)25-15-14-24(22-12-8-9-13-23(22)25)30-27(33)21-11-7-6-10-20(21)3/h6-15,19,26,31H,16-18H2,1-5H3,(H,30,33)/t26-/m0/s1. The maximum atomic E-state index is 13.7. The van der Waals surface area contributed by atoms with Crippen LogP contribution >= 0.6 is 0 Å². The monoisotopic (exact) mass is 537 g/mol. The highest BCUT2D eigenvalue weighted by atomic mass is 32.2. The van der Waals surface area contributed by atoms with Crippen LogP contribution in [0.1, 0.15) is 50.0 Å². The minimum absolute atomic E-state index is 0.138. The Hall–Kier alpha value is -3.43. The van der Waals surface area contributed by atoms with E-state index >= 15 is 0 Å². The van der Waals surface area contributed by atoms with Gasteiger partial charge < -0.3 is 15.0 Å². The van der Waals surface area contributed by atoms with E-state index in [1.807, 2.05) is 39.0 Å². The van der Waals surface area contributed by atoms with Crippen molar-refractivity contribution < 1.29 is 22.7 Å².